The number of thiazole rings is 1. The number of amides is 1. The third-order valence-corrected chi connectivity index (χ3v) is 5.33. The van der Waals surface area contributed by atoms with Crippen LogP contribution in [0.1, 0.15) is 18.5 Å². The summed E-state index contributed by atoms with van der Waals surface area (Å²) in [7, 11) is -3.15. The molecule has 1 aromatic rings. The zero-order valence-corrected chi connectivity index (χ0v) is 12.8. The van der Waals surface area contributed by atoms with Crippen LogP contribution in [0.2, 0.25) is 0 Å². The maximum absolute atomic E-state index is 12.0. The molecule has 1 aliphatic rings. The van der Waals surface area contributed by atoms with Crippen molar-refractivity contribution in [3.05, 3.63) is 11.1 Å². The summed E-state index contributed by atoms with van der Waals surface area (Å²) in [5, 5.41) is 5.11. The number of piperidine rings is 1. The van der Waals surface area contributed by atoms with E-state index in [9.17, 15) is 13.2 Å². The summed E-state index contributed by atoms with van der Waals surface area (Å²) in [5.74, 6) is -0.186. The van der Waals surface area contributed by atoms with Gasteiger partial charge in [-0.2, -0.15) is 0 Å². The quantitative estimate of drug-likeness (QED) is 0.814. The van der Waals surface area contributed by atoms with Crippen LogP contribution in [0.4, 0.5) is 5.13 Å². The lowest BCUT2D eigenvalue weighted by molar-refractivity contribution is -0.126. The van der Waals surface area contributed by atoms with Crippen molar-refractivity contribution in [2.45, 2.75) is 19.4 Å². The molecule has 7 nitrogen and oxygen atoms in total. The van der Waals surface area contributed by atoms with Crippen LogP contribution in [0.25, 0.3) is 0 Å². The highest BCUT2D eigenvalue weighted by Gasteiger charge is 2.28. The number of sulfonamides is 1. The van der Waals surface area contributed by atoms with Gasteiger partial charge in [-0.05, 0) is 12.8 Å². The Morgan fingerprint density at radius 3 is 2.70 bits per heavy atom. The molecule has 0 aliphatic carbocycles. The van der Waals surface area contributed by atoms with Gasteiger partial charge in [0, 0.05) is 24.4 Å². The molecule has 0 radical (unpaired) electrons. The zero-order chi connectivity index (χ0) is 14.8. The highest BCUT2D eigenvalue weighted by atomic mass is 32.2. The molecule has 1 fully saturated rings. The molecule has 0 atom stereocenters. The van der Waals surface area contributed by atoms with Crippen LogP contribution in [-0.4, -0.2) is 43.0 Å². The van der Waals surface area contributed by atoms with Crippen LogP contribution < -0.4 is 11.1 Å². The van der Waals surface area contributed by atoms with Gasteiger partial charge >= 0.3 is 0 Å². The second kappa shape index (κ2) is 6.06. The van der Waals surface area contributed by atoms with Gasteiger partial charge in [0.15, 0.2) is 5.13 Å². The Labute approximate surface area is 122 Å². The van der Waals surface area contributed by atoms with Gasteiger partial charge in [-0.1, -0.05) is 0 Å². The van der Waals surface area contributed by atoms with Crippen LogP contribution >= 0.6 is 11.3 Å². The summed E-state index contributed by atoms with van der Waals surface area (Å²) < 4.78 is 24.2. The van der Waals surface area contributed by atoms with Crippen molar-refractivity contribution < 1.29 is 13.2 Å². The Hall–Kier alpha value is -1.19. The Morgan fingerprint density at radius 2 is 2.20 bits per heavy atom. The number of hydrogen-bond acceptors (Lipinski definition) is 6. The topological polar surface area (TPSA) is 105 Å². The molecule has 1 aromatic heterocycles. The van der Waals surface area contributed by atoms with Crippen molar-refractivity contribution in [2.24, 2.45) is 5.92 Å². The number of aromatic nitrogens is 1. The van der Waals surface area contributed by atoms with E-state index in [4.69, 9.17) is 5.73 Å². The van der Waals surface area contributed by atoms with E-state index in [1.165, 1.54) is 21.9 Å². The third-order valence-electron chi connectivity index (χ3n) is 3.31. The second-order valence-electron chi connectivity index (χ2n) is 4.83. The Bertz CT molecular complexity index is 576. The van der Waals surface area contributed by atoms with Gasteiger partial charge in [-0.25, -0.2) is 17.7 Å². The maximum atomic E-state index is 12.0. The average Bonchev–Trinajstić information content (AvgIpc) is 2.81. The van der Waals surface area contributed by atoms with Crippen molar-refractivity contribution in [3.63, 3.8) is 0 Å². The molecule has 0 unspecified atom stereocenters. The fourth-order valence-corrected chi connectivity index (χ4v) is 3.61. The van der Waals surface area contributed by atoms with Gasteiger partial charge in [0.25, 0.3) is 0 Å². The number of nitrogens with zero attached hydrogens (tertiary/aromatic N) is 2. The van der Waals surface area contributed by atoms with Gasteiger partial charge in [0.2, 0.25) is 15.9 Å². The third kappa shape index (κ3) is 3.90. The predicted octanol–water partition coefficient (Wildman–Crippen LogP) is 0.0131. The molecular weight excluding hydrogens is 300 g/mol. The van der Waals surface area contributed by atoms with E-state index < -0.39 is 10.0 Å². The number of nitrogen functional groups attached to an aromatic ring is 1. The highest BCUT2D eigenvalue weighted by molar-refractivity contribution is 7.88. The van der Waals surface area contributed by atoms with Gasteiger partial charge in [-0.3, -0.25) is 4.79 Å². The lowest BCUT2D eigenvalue weighted by atomic mass is 9.97. The van der Waals surface area contributed by atoms with Gasteiger partial charge in [-0.15, -0.1) is 11.3 Å². The van der Waals surface area contributed by atoms with Crippen LogP contribution in [-0.2, 0) is 21.4 Å². The zero-order valence-electron chi connectivity index (χ0n) is 11.2. The van der Waals surface area contributed by atoms with Crippen molar-refractivity contribution in [1.29, 1.82) is 0 Å². The molecule has 2 heterocycles. The first kappa shape index (κ1) is 15.2. The van der Waals surface area contributed by atoms with E-state index in [-0.39, 0.29) is 11.8 Å². The van der Waals surface area contributed by atoms with Crippen LogP contribution in [0, 0.1) is 5.92 Å². The summed E-state index contributed by atoms with van der Waals surface area (Å²) in [5.41, 5.74) is 6.26. The molecule has 0 saturated carbocycles. The molecular formula is C11H18N4O3S2. The monoisotopic (exact) mass is 318 g/mol. The van der Waals surface area contributed by atoms with Crippen LogP contribution in [0.15, 0.2) is 5.38 Å². The van der Waals surface area contributed by atoms with Crippen LogP contribution in [0.3, 0.4) is 0 Å². The highest BCUT2D eigenvalue weighted by Crippen LogP contribution is 2.19. The normalized spacial score (nSPS) is 18.1. The first-order valence-electron chi connectivity index (χ1n) is 6.29. The molecule has 0 spiro atoms. The lowest BCUT2D eigenvalue weighted by Gasteiger charge is -2.29. The minimum absolute atomic E-state index is 0.0512. The van der Waals surface area contributed by atoms with Gasteiger partial charge < -0.3 is 11.1 Å². The summed E-state index contributed by atoms with van der Waals surface area (Å²) >= 11 is 1.34. The molecule has 1 saturated heterocycles. The fourth-order valence-electron chi connectivity index (χ4n) is 2.18. The molecule has 20 heavy (non-hydrogen) atoms. The fraction of sp³-hybridized carbons (Fsp3) is 0.636. The first-order chi connectivity index (χ1) is 9.36. The number of hydrogen-bond donors (Lipinski definition) is 2. The number of carbonyl (C=O) groups excluding carboxylic acids is 1. The largest absolute Gasteiger partial charge is 0.375 e. The van der Waals surface area contributed by atoms with Crippen LogP contribution in [0.5, 0.6) is 0 Å². The van der Waals surface area contributed by atoms with Gasteiger partial charge in [0.05, 0.1) is 18.5 Å². The summed E-state index contributed by atoms with van der Waals surface area (Å²) in [6.45, 7) is 1.17. The number of carbonyl (C=O) groups is 1. The smallest absolute Gasteiger partial charge is 0.223 e. The Morgan fingerprint density at radius 1 is 1.55 bits per heavy atom. The number of rotatable bonds is 4. The van der Waals surface area contributed by atoms with E-state index in [1.54, 1.807) is 0 Å². The minimum Gasteiger partial charge on any atom is -0.375 e. The molecule has 9 heteroatoms. The number of nitrogens with one attached hydrogen (secondary N) is 1. The standard InChI is InChI=1S/C11H18N4O3S2/c1-20(17,18)15-4-2-8(3-5-15)10(16)13-6-9-7-19-11(12)14-9/h7-8H,2-6H2,1H3,(H2,12,14)(H,13,16). The lowest BCUT2D eigenvalue weighted by Crippen LogP contribution is -2.42. The summed E-state index contributed by atoms with van der Waals surface area (Å²) in [4.78, 5) is 16.1. The van der Waals surface area contributed by atoms with Gasteiger partial charge in [0.1, 0.15) is 0 Å². The molecule has 112 valence electrons. The molecule has 1 amide bonds. The molecule has 1 aliphatic heterocycles. The van der Waals surface area contributed by atoms with E-state index in [0.717, 1.165) is 5.69 Å². The SMILES string of the molecule is CS(=O)(=O)N1CCC(C(=O)NCc2csc(N)n2)CC1. The maximum Gasteiger partial charge on any atom is 0.223 e. The van der Waals surface area contributed by atoms with E-state index in [2.05, 4.69) is 10.3 Å². The van der Waals surface area contributed by atoms with Crippen molar-refractivity contribution >= 4 is 32.4 Å². The molecule has 3 N–H and O–H groups in total. The predicted molar refractivity (Wildman–Crippen MR) is 77.5 cm³/mol. The Kier molecular flexibility index (Phi) is 4.61. The summed E-state index contributed by atoms with van der Waals surface area (Å²) in [6.07, 6.45) is 2.30. The number of nitrogens with two attached hydrogens (primary N) is 1. The average molecular weight is 318 g/mol. The van der Waals surface area contributed by atoms with Crippen molar-refractivity contribution in [1.82, 2.24) is 14.6 Å². The van der Waals surface area contributed by atoms with E-state index in [0.29, 0.717) is 37.6 Å². The Balaban J connectivity index is 1.80. The summed E-state index contributed by atoms with van der Waals surface area (Å²) in [6, 6.07) is 0. The second-order valence-corrected chi connectivity index (χ2v) is 7.70. The van der Waals surface area contributed by atoms with Crippen molar-refractivity contribution in [3.8, 4) is 0 Å². The molecule has 0 aromatic carbocycles. The molecule has 2 rings (SSSR count). The van der Waals surface area contributed by atoms with Crippen molar-refractivity contribution in [2.75, 3.05) is 25.1 Å². The van der Waals surface area contributed by atoms with E-state index in [1.807, 2.05) is 5.38 Å². The molecule has 0 bridgehead atoms. The minimum atomic E-state index is -3.15. The number of anilines is 1. The van der Waals surface area contributed by atoms with E-state index >= 15 is 0 Å². The first-order valence-corrected chi connectivity index (χ1v) is 9.02.